The number of rotatable bonds is 11. The number of anilines is 1. The Labute approximate surface area is 249 Å². The van der Waals surface area contributed by atoms with Gasteiger partial charge >= 0.3 is 0 Å². The minimum atomic E-state index is -0.747. The van der Waals surface area contributed by atoms with Crippen LogP contribution in [0.25, 0.3) is 10.8 Å². The lowest BCUT2D eigenvalue weighted by Gasteiger charge is -2.32. The van der Waals surface area contributed by atoms with Crippen LogP contribution >= 0.6 is 23.2 Å². The molecule has 0 aliphatic carbocycles. The summed E-state index contributed by atoms with van der Waals surface area (Å²) < 4.78 is 0. The van der Waals surface area contributed by atoms with Crippen molar-refractivity contribution in [2.75, 3.05) is 18.0 Å². The molecule has 4 aromatic rings. The zero-order valence-corrected chi connectivity index (χ0v) is 24.3. The number of carbonyl (C=O) groups excluding carboxylic acids is 3. The van der Waals surface area contributed by atoms with Crippen molar-refractivity contribution in [1.82, 2.24) is 10.2 Å². The van der Waals surface area contributed by atoms with Gasteiger partial charge in [-0.25, -0.2) is 0 Å². The van der Waals surface area contributed by atoms with Gasteiger partial charge in [0.15, 0.2) is 0 Å². The largest absolute Gasteiger partial charge is 0.355 e. The lowest BCUT2D eigenvalue weighted by molar-refractivity contribution is -0.141. The van der Waals surface area contributed by atoms with Crippen molar-refractivity contribution in [3.05, 3.63) is 112 Å². The van der Waals surface area contributed by atoms with E-state index in [0.717, 1.165) is 22.0 Å². The average molecular weight is 589 g/mol. The maximum atomic E-state index is 13.9. The van der Waals surface area contributed by atoms with E-state index in [1.165, 1.54) is 0 Å². The number of carbonyl (C=O) groups is 3. The van der Waals surface area contributed by atoms with Crippen LogP contribution < -0.4 is 10.2 Å². The summed E-state index contributed by atoms with van der Waals surface area (Å²) in [5, 5.41) is 5.79. The number of halogens is 2. The van der Waals surface area contributed by atoms with E-state index in [0.29, 0.717) is 47.1 Å². The zero-order valence-electron chi connectivity index (χ0n) is 22.8. The van der Waals surface area contributed by atoms with Gasteiger partial charge in [0.05, 0.1) is 5.69 Å². The van der Waals surface area contributed by atoms with Gasteiger partial charge in [-0.05, 0) is 54.1 Å². The summed E-state index contributed by atoms with van der Waals surface area (Å²) in [6.07, 6.45) is 0.949. The quantitative estimate of drug-likeness (QED) is 0.213. The molecule has 6 nitrogen and oxygen atoms in total. The fraction of sp³-hybridized carbons (Fsp3) is 0.242. The first-order valence-electron chi connectivity index (χ1n) is 13.8. The monoisotopic (exact) mass is 587 g/mol. The van der Waals surface area contributed by atoms with Crippen LogP contribution in [0.3, 0.4) is 0 Å². The SMILES string of the molecule is CCNC(=O)C(Cc1ccccc1)N(Cc1ccc(Cl)cc1Cl)C(=O)CCCN1C(=O)c2cccc3cccc1c23. The summed E-state index contributed by atoms with van der Waals surface area (Å²) in [7, 11) is 0. The molecule has 3 amide bonds. The minimum Gasteiger partial charge on any atom is -0.355 e. The van der Waals surface area contributed by atoms with Gasteiger partial charge < -0.3 is 15.1 Å². The van der Waals surface area contributed by atoms with Crippen LogP contribution in [0.4, 0.5) is 5.69 Å². The van der Waals surface area contributed by atoms with Crippen LogP contribution in [0.2, 0.25) is 10.0 Å². The molecule has 0 saturated heterocycles. The number of hydrogen-bond acceptors (Lipinski definition) is 3. The van der Waals surface area contributed by atoms with E-state index >= 15 is 0 Å². The smallest absolute Gasteiger partial charge is 0.258 e. The van der Waals surface area contributed by atoms with Crippen LogP contribution in [0.1, 0.15) is 41.3 Å². The van der Waals surface area contributed by atoms with Crippen LogP contribution in [0.5, 0.6) is 0 Å². The van der Waals surface area contributed by atoms with E-state index in [9.17, 15) is 14.4 Å². The number of nitrogens with one attached hydrogen (secondary N) is 1. The van der Waals surface area contributed by atoms with Crippen LogP contribution in [-0.4, -0.2) is 41.8 Å². The Kier molecular flexibility index (Phi) is 8.91. The average Bonchev–Trinajstić information content (AvgIpc) is 3.24. The third-order valence-corrected chi connectivity index (χ3v) is 7.99. The molecule has 5 rings (SSSR count). The van der Waals surface area contributed by atoms with Crippen LogP contribution in [-0.2, 0) is 22.6 Å². The van der Waals surface area contributed by atoms with Crippen molar-refractivity contribution in [3.8, 4) is 0 Å². The second kappa shape index (κ2) is 12.8. The summed E-state index contributed by atoms with van der Waals surface area (Å²) in [4.78, 5) is 43.8. The first-order valence-corrected chi connectivity index (χ1v) is 14.5. The summed E-state index contributed by atoms with van der Waals surface area (Å²) in [6.45, 7) is 2.83. The molecular formula is C33H31Cl2N3O3. The topological polar surface area (TPSA) is 69.7 Å². The highest BCUT2D eigenvalue weighted by atomic mass is 35.5. The van der Waals surface area contributed by atoms with Gasteiger partial charge in [0, 0.05) is 53.5 Å². The Bertz CT molecular complexity index is 1590. The Morgan fingerprint density at radius 2 is 1.71 bits per heavy atom. The molecule has 1 atom stereocenters. The summed E-state index contributed by atoms with van der Waals surface area (Å²) >= 11 is 12.6. The van der Waals surface area contributed by atoms with Crippen LogP contribution in [0, 0.1) is 0 Å². The van der Waals surface area contributed by atoms with Crippen molar-refractivity contribution >= 4 is 57.4 Å². The van der Waals surface area contributed by atoms with Gasteiger partial charge in [0.25, 0.3) is 5.91 Å². The van der Waals surface area contributed by atoms with Gasteiger partial charge in [-0.3, -0.25) is 14.4 Å². The van der Waals surface area contributed by atoms with E-state index < -0.39 is 6.04 Å². The Balaban J connectivity index is 1.38. The Hall–Kier alpha value is -3.87. The number of amides is 3. The van der Waals surface area contributed by atoms with E-state index in [-0.39, 0.29) is 30.7 Å². The molecule has 1 N–H and O–H groups in total. The van der Waals surface area contributed by atoms with Gasteiger partial charge in [-0.1, -0.05) is 83.9 Å². The zero-order chi connectivity index (χ0) is 28.9. The number of nitrogens with zero attached hydrogens (tertiary/aromatic N) is 2. The summed E-state index contributed by atoms with van der Waals surface area (Å²) in [5.41, 5.74) is 3.19. The van der Waals surface area contributed by atoms with Gasteiger partial charge in [0.2, 0.25) is 11.8 Å². The third-order valence-electron chi connectivity index (χ3n) is 7.40. The van der Waals surface area contributed by atoms with Gasteiger partial charge in [0.1, 0.15) is 6.04 Å². The molecule has 41 heavy (non-hydrogen) atoms. The van der Waals surface area contributed by atoms with E-state index in [4.69, 9.17) is 23.2 Å². The molecule has 0 saturated carbocycles. The normalized spacial score (nSPS) is 13.0. The lowest BCUT2D eigenvalue weighted by Crippen LogP contribution is -2.50. The molecule has 1 heterocycles. The molecular weight excluding hydrogens is 557 g/mol. The predicted molar refractivity (Wildman–Crippen MR) is 164 cm³/mol. The number of likely N-dealkylation sites (N-methyl/N-ethyl adjacent to an activating group) is 1. The molecule has 0 aromatic heterocycles. The Morgan fingerprint density at radius 1 is 0.951 bits per heavy atom. The molecule has 1 unspecified atom stereocenters. The third kappa shape index (κ3) is 6.24. The van der Waals surface area contributed by atoms with E-state index in [1.54, 1.807) is 28.0 Å². The first-order chi connectivity index (χ1) is 19.9. The lowest BCUT2D eigenvalue weighted by atomic mass is 10.0. The summed E-state index contributed by atoms with van der Waals surface area (Å²) in [6, 6.07) is 25.6. The molecule has 4 aromatic carbocycles. The molecule has 0 radical (unpaired) electrons. The van der Waals surface area contributed by atoms with Crippen molar-refractivity contribution < 1.29 is 14.4 Å². The van der Waals surface area contributed by atoms with Crippen molar-refractivity contribution in [2.24, 2.45) is 0 Å². The maximum Gasteiger partial charge on any atom is 0.258 e. The molecule has 210 valence electrons. The molecule has 1 aliphatic heterocycles. The molecule has 0 bridgehead atoms. The predicted octanol–water partition coefficient (Wildman–Crippen LogP) is 6.66. The van der Waals surface area contributed by atoms with Crippen molar-refractivity contribution in [1.29, 1.82) is 0 Å². The molecule has 0 spiro atoms. The fourth-order valence-electron chi connectivity index (χ4n) is 5.41. The molecule has 1 aliphatic rings. The van der Waals surface area contributed by atoms with Crippen LogP contribution in [0.15, 0.2) is 84.9 Å². The van der Waals surface area contributed by atoms with Gasteiger partial charge in [-0.15, -0.1) is 0 Å². The number of hydrogen-bond donors (Lipinski definition) is 1. The highest BCUT2D eigenvalue weighted by Gasteiger charge is 2.32. The first kappa shape index (κ1) is 28.7. The standard InChI is InChI=1S/C33H31Cl2N3O3/c1-2-36-32(40)29(19-22-9-4-3-5-10-22)38(21-24-16-17-25(34)20-27(24)35)30(39)15-8-18-37-28-14-7-12-23-11-6-13-26(31(23)28)33(37)41/h3-7,9-14,16-17,20,29H,2,8,15,18-19,21H2,1H3,(H,36,40). The maximum absolute atomic E-state index is 13.9. The van der Waals surface area contributed by atoms with Crippen molar-refractivity contribution in [2.45, 2.75) is 38.8 Å². The van der Waals surface area contributed by atoms with Crippen molar-refractivity contribution in [3.63, 3.8) is 0 Å². The highest BCUT2D eigenvalue weighted by Crippen LogP contribution is 2.37. The minimum absolute atomic E-state index is 0.0571. The van der Waals surface area contributed by atoms with Gasteiger partial charge in [-0.2, -0.15) is 0 Å². The fourth-order valence-corrected chi connectivity index (χ4v) is 5.88. The van der Waals surface area contributed by atoms with E-state index in [2.05, 4.69) is 5.32 Å². The molecule has 0 fully saturated rings. The second-order valence-electron chi connectivity index (χ2n) is 10.1. The second-order valence-corrected chi connectivity index (χ2v) is 10.9. The molecule has 8 heteroatoms. The van der Waals surface area contributed by atoms with E-state index in [1.807, 2.05) is 73.7 Å². The highest BCUT2D eigenvalue weighted by molar-refractivity contribution is 6.35. The Morgan fingerprint density at radius 3 is 2.44 bits per heavy atom. The summed E-state index contributed by atoms with van der Waals surface area (Å²) in [5.74, 6) is -0.476. The number of benzene rings is 4.